The highest BCUT2D eigenvalue weighted by molar-refractivity contribution is 7.89. The SMILES string of the molecule is Cc1c(CN)cccc1S(=O)(=O)NCc1ccoc1. The Morgan fingerprint density at radius 2 is 2.11 bits per heavy atom. The highest BCUT2D eigenvalue weighted by Crippen LogP contribution is 2.18. The van der Waals surface area contributed by atoms with E-state index in [0.717, 1.165) is 11.1 Å². The van der Waals surface area contributed by atoms with Crippen molar-refractivity contribution in [3.63, 3.8) is 0 Å². The van der Waals surface area contributed by atoms with Gasteiger partial charge in [-0.25, -0.2) is 13.1 Å². The first kappa shape index (κ1) is 13.8. The first-order chi connectivity index (χ1) is 9.04. The monoisotopic (exact) mass is 280 g/mol. The molecule has 0 spiro atoms. The van der Waals surface area contributed by atoms with Gasteiger partial charge in [-0.2, -0.15) is 0 Å². The molecule has 2 rings (SSSR count). The second-order valence-electron chi connectivity index (χ2n) is 4.20. The van der Waals surface area contributed by atoms with E-state index in [1.165, 1.54) is 12.5 Å². The molecule has 1 aromatic carbocycles. The Morgan fingerprint density at radius 1 is 1.32 bits per heavy atom. The largest absolute Gasteiger partial charge is 0.472 e. The van der Waals surface area contributed by atoms with Crippen molar-refractivity contribution < 1.29 is 12.8 Å². The van der Waals surface area contributed by atoms with E-state index in [0.29, 0.717) is 12.1 Å². The van der Waals surface area contributed by atoms with Gasteiger partial charge in [0.2, 0.25) is 10.0 Å². The van der Waals surface area contributed by atoms with Gasteiger partial charge >= 0.3 is 0 Å². The van der Waals surface area contributed by atoms with Crippen LogP contribution in [0.4, 0.5) is 0 Å². The smallest absolute Gasteiger partial charge is 0.241 e. The van der Waals surface area contributed by atoms with E-state index in [1.807, 2.05) is 6.07 Å². The Labute approximate surface area is 112 Å². The molecule has 1 aromatic heterocycles. The standard InChI is InChI=1S/C13H16N2O3S/c1-10-12(7-14)3-2-4-13(10)19(16,17)15-8-11-5-6-18-9-11/h2-6,9,15H,7-8,14H2,1H3. The van der Waals surface area contributed by atoms with Gasteiger partial charge in [0.15, 0.2) is 0 Å². The van der Waals surface area contributed by atoms with E-state index >= 15 is 0 Å². The van der Waals surface area contributed by atoms with Crippen LogP contribution >= 0.6 is 0 Å². The second kappa shape index (κ2) is 5.56. The fraction of sp³-hybridized carbons (Fsp3) is 0.231. The molecule has 3 N–H and O–H groups in total. The van der Waals surface area contributed by atoms with Crippen molar-refractivity contribution in [2.45, 2.75) is 24.9 Å². The first-order valence-corrected chi connectivity index (χ1v) is 7.32. The molecule has 102 valence electrons. The van der Waals surface area contributed by atoms with E-state index in [-0.39, 0.29) is 11.4 Å². The lowest BCUT2D eigenvalue weighted by molar-refractivity contribution is 0.561. The lowest BCUT2D eigenvalue weighted by Crippen LogP contribution is -2.24. The maximum Gasteiger partial charge on any atom is 0.241 e. The third-order valence-electron chi connectivity index (χ3n) is 2.95. The summed E-state index contributed by atoms with van der Waals surface area (Å²) in [6.45, 7) is 2.27. The minimum atomic E-state index is -3.55. The molecule has 0 aliphatic carbocycles. The van der Waals surface area contributed by atoms with Crippen LogP contribution in [0.5, 0.6) is 0 Å². The van der Waals surface area contributed by atoms with Gasteiger partial charge in [0.25, 0.3) is 0 Å². The van der Waals surface area contributed by atoms with E-state index in [9.17, 15) is 8.42 Å². The Hall–Kier alpha value is -1.63. The molecule has 0 aliphatic rings. The quantitative estimate of drug-likeness (QED) is 0.869. The number of sulfonamides is 1. The zero-order chi connectivity index (χ0) is 13.9. The van der Waals surface area contributed by atoms with Gasteiger partial charge in [-0.1, -0.05) is 12.1 Å². The Morgan fingerprint density at radius 3 is 2.74 bits per heavy atom. The van der Waals surface area contributed by atoms with Crippen molar-refractivity contribution in [1.82, 2.24) is 4.72 Å². The summed E-state index contributed by atoms with van der Waals surface area (Å²) in [5, 5.41) is 0. The van der Waals surface area contributed by atoms with Gasteiger partial charge in [-0.3, -0.25) is 0 Å². The Bertz CT molecular complexity index is 649. The number of nitrogens with one attached hydrogen (secondary N) is 1. The molecule has 0 unspecified atom stereocenters. The lowest BCUT2D eigenvalue weighted by Gasteiger charge is -2.11. The van der Waals surface area contributed by atoms with Crippen LogP contribution in [-0.4, -0.2) is 8.42 Å². The van der Waals surface area contributed by atoms with Gasteiger partial charge in [0.05, 0.1) is 17.4 Å². The molecule has 5 nitrogen and oxygen atoms in total. The third-order valence-corrected chi connectivity index (χ3v) is 4.50. The normalized spacial score (nSPS) is 11.7. The number of benzene rings is 1. The molecule has 2 aromatic rings. The van der Waals surface area contributed by atoms with Crippen LogP contribution in [0.25, 0.3) is 0 Å². The van der Waals surface area contributed by atoms with Crippen molar-refractivity contribution >= 4 is 10.0 Å². The van der Waals surface area contributed by atoms with Gasteiger partial charge in [0.1, 0.15) is 0 Å². The molecular weight excluding hydrogens is 264 g/mol. The highest BCUT2D eigenvalue weighted by Gasteiger charge is 2.17. The zero-order valence-corrected chi connectivity index (χ0v) is 11.4. The number of rotatable bonds is 5. The Kier molecular flexibility index (Phi) is 4.04. The summed E-state index contributed by atoms with van der Waals surface area (Å²) in [5.74, 6) is 0. The highest BCUT2D eigenvalue weighted by atomic mass is 32.2. The number of hydrogen-bond acceptors (Lipinski definition) is 4. The van der Waals surface area contributed by atoms with E-state index < -0.39 is 10.0 Å². The number of nitrogens with two attached hydrogens (primary N) is 1. The first-order valence-electron chi connectivity index (χ1n) is 5.84. The summed E-state index contributed by atoms with van der Waals surface area (Å²) in [6.07, 6.45) is 3.01. The average molecular weight is 280 g/mol. The van der Waals surface area contributed by atoms with Gasteiger partial charge in [-0.15, -0.1) is 0 Å². The molecule has 0 bridgehead atoms. The van der Waals surface area contributed by atoms with E-state index in [1.54, 1.807) is 25.1 Å². The third kappa shape index (κ3) is 3.04. The maximum atomic E-state index is 12.2. The van der Waals surface area contributed by atoms with Gasteiger partial charge in [0, 0.05) is 18.7 Å². The minimum Gasteiger partial charge on any atom is -0.472 e. The van der Waals surface area contributed by atoms with Crippen LogP contribution in [0, 0.1) is 6.92 Å². The minimum absolute atomic E-state index is 0.200. The number of furan rings is 1. The van der Waals surface area contributed by atoms with Crippen LogP contribution < -0.4 is 10.5 Å². The van der Waals surface area contributed by atoms with Crippen LogP contribution in [0.2, 0.25) is 0 Å². The lowest BCUT2D eigenvalue weighted by atomic mass is 10.1. The molecule has 1 heterocycles. The molecule has 0 radical (unpaired) electrons. The summed E-state index contributed by atoms with van der Waals surface area (Å²) >= 11 is 0. The molecule has 6 heteroatoms. The van der Waals surface area contributed by atoms with Crippen molar-refractivity contribution in [2.75, 3.05) is 0 Å². The summed E-state index contributed by atoms with van der Waals surface area (Å²) in [4.78, 5) is 0.263. The van der Waals surface area contributed by atoms with Crippen LogP contribution in [-0.2, 0) is 23.1 Å². The summed E-state index contributed by atoms with van der Waals surface area (Å²) < 4.78 is 31.9. The van der Waals surface area contributed by atoms with Crippen molar-refractivity contribution in [2.24, 2.45) is 5.73 Å². The fourth-order valence-electron chi connectivity index (χ4n) is 1.82. The molecular formula is C13H16N2O3S. The van der Waals surface area contributed by atoms with Crippen molar-refractivity contribution in [3.8, 4) is 0 Å². The molecule has 0 fully saturated rings. The molecule has 0 saturated heterocycles. The summed E-state index contributed by atoms with van der Waals surface area (Å²) in [7, 11) is -3.55. The van der Waals surface area contributed by atoms with Crippen LogP contribution in [0.1, 0.15) is 16.7 Å². The average Bonchev–Trinajstić information content (AvgIpc) is 2.90. The summed E-state index contributed by atoms with van der Waals surface area (Å²) in [5.41, 5.74) is 7.87. The van der Waals surface area contributed by atoms with Gasteiger partial charge in [-0.05, 0) is 30.2 Å². The van der Waals surface area contributed by atoms with E-state index in [2.05, 4.69) is 4.72 Å². The molecule has 0 saturated carbocycles. The van der Waals surface area contributed by atoms with Crippen LogP contribution in [0.3, 0.4) is 0 Å². The predicted molar refractivity (Wildman–Crippen MR) is 71.8 cm³/mol. The summed E-state index contributed by atoms with van der Waals surface area (Å²) in [6, 6.07) is 6.81. The zero-order valence-electron chi connectivity index (χ0n) is 10.6. The van der Waals surface area contributed by atoms with Crippen LogP contribution in [0.15, 0.2) is 46.1 Å². The molecule has 19 heavy (non-hydrogen) atoms. The topological polar surface area (TPSA) is 85.3 Å². The molecule has 0 aliphatic heterocycles. The Balaban J connectivity index is 2.24. The number of hydrogen-bond donors (Lipinski definition) is 2. The fourth-order valence-corrected chi connectivity index (χ4v) is 3.13. The molecule has 0 amide bonds. The van der Waals surface area contributed by atoms with Crippen molar-refractivity contribution in [3.05, 3.63) is 53.5 Å². The molecule has 0 atom stereocenters. The van der Waals surface area contributed by atoms with Gasteiger partial charge < -0.3 is 10.2 Å². The van der Waals surface area contributed by atoms with Crippen molar-refractivity contribution in [1.29, 1.82) is 0 Å². The maximum absolute atomic E-state index is 12.2. The predicted octanol–water partition coefficient (Wildman–Crippen LogP) is 1.53. The second-order valence-corrected chi connectivity index (χ2v) is 5.94. The van der Waals surface area contributed by atoms with E-state index in [4.69, 9.17) is 10.2 Å².